The predicted octanol–water partition coefficient (Wildman–Crippen LogP) is -1.49. The van der Waals surface area contributed by atoms with E-state index < -0.39 is 12.4 Å². The average Bonchev–Trinajstić information content (AvgIpc) is 1.97. The molecular weight excluding hydrogens is 158 g/mol. The molecule has 5 heteroatoms. The molecule has 1 unspecified atom stereocenters. The summed E-state index contributed by atoms with van der Waals surface area (Å²) >= 11 is 0. The van der Waals surface area contributed by atoms with Crippen molar-refractivity contribution in [3.63, 3.8) is 0 Å². The second-order valence-corrected chi connectivity index (χ2v) is 2.75. The molecule has 0 aliphatic rings. The van der Waals surface area contributed by atoms with Crippen molar-refractivity contribution in [2.75, 3.05) is 6.54 Å². The van der Waals surface area contributed by atoms with Crippen molar-refractivity contribution in [3.8, 4) is 0 Å². The van der Waals surface area contributed by atoms with E-state index >= 15 is 0 Å². The molecule has 0 amide bonds. The van der Waals surface area contributed by atoms with Crippen LogP contribution in [0, 0.1) is 0 Å². The van der Waals surface area contributed by atoms with Crippen LogP contribution in [0.3, 0.4) is 0 Å². The van der Waals surface area contributed by atoms with E-state index in [4.69, 9.17) is 16.6 Å². The van der Waals surface area contributed by atoms with Gasteiger partial charge in [0.05, 0.1) is 0 Å². The Morgan fingerprint density at radius 1 is 1.58 bits per heavy atom. The first-order chi connectivity index (χ1) is 5.54. The number of Topliss-reactive ketones (excluding diaryl/α,β-unsaturated/α-hetero) is 1. The van der Waals surface area contributed by atoms with Gasteiger partial charge in [-0.25, -0.2) is 0 Å². The van der Waals surface area contributed by atoms with Crippen LogP contribution >= 0.6 is 0 Å². The number of nitrogens with two attached hydrogens (primary N) is 2. The van der Waals surface area contributed by atoms with Crippen LogP contribution in [0.15, 0.2) is 0 Å². The summed E-state index contributed by atoms with van der Waals surface area (Å²) in [7, 11) is 0. The Hall–Kier alpha value is -0.490. The lowest BCUT2D eigenvalue weighted by atomic mass is 10.1. The summed E-state index contributed by atoms with van der Waals surface area (Å²) in [6.45, 7) is 1.98. The third-order valence-electron chi connectivity index (χ3n) is 1.50. The largest absolute Gasteiger partial charge is 0.385 e. The zero-order valence-corrected chi connectivity index (χ0v) is 7.29. The van der Waals surface area contributed by atoms with Gasteiger partial charge in [0.2, 0.25) is 0 Å². The summed E-state index contributed by atoms with van der Waals surface area (Å²) < 4.78 is 0. The Bertz CT molecular complexity index is 139. The van der Waals surface area contributed by atoms with Crippen molar-refractivity contribution < 1.29 is 9.90 Å². The van der Waals surface area contributed by atoms with E-state index in [1.54, 1.807) is 0 Å². The van der Waals surface area contributed by atoms with Crippen LogP contribution in [0.2, 0.25) is 0 Å². The van der Waals surface area contributed by atoms with Crippen LogP contribution in [-0.2, 0) is 4.79 Å². The van der Waals surface area contributed by atoms with Gasteiger partial charge in [-0.1, -0.05) is 0 Å². The summed E-state index contributed by atoms with van der Waals surface area (Å²) in [4.78, 5) is 10.6. The van der Waals surface area contributed by atoms with E-state index in [1.165, 1.54) is 6.92 Å². The van der Waals surface area contributed by atoms with Crippen LogP contribution in [0.1, 0.15) is 19.8 Å². The van der Waals surface area contributed by atoms with Crippen molar-refractivity contribution >= 4 is 5.78 Å². The normalized spacial score (nSPS) is 13.4. The highest BCUT2D eigenvalue weighted by Gasteiger charge is 2.08. The first-order valence-corrected chi connectivity index (χ1v) is 3.97. The number of carbonyl (C=O) groups is 1. The average molecular weight is 175 g/mol. The third kappa shape index (κ3) is 6.23. The first kappa shape index (κ1) is 11.5. The van der Waals surface area contributed by atoms with Gasteiger partial charge in [0.1, 0.15) is 12.4 Å². The minimum atomic E-state index is -0.846. The molecule has 0 aromatic carbocycles. The molecule has 0 aromatic heterocycles. The zero-order valence-electron chi connectivity index (χ0n) is 7.29. The molecule has 72 valence electrons. The lowest BCUT2D eigenvalue weighted by Gasteiger charge is -2.09. The van der Waals surface area contributed by atoms with E-state index in [0.29, 0.717) is 19.4 Å². The number of hydrogen-bond acceptors (Lipinski definition) is 5. The molecule has 0 saturated heterocycles. The highest BCUT2D eigenvalue weighted by molar-refractivity contribution is 5.79. The second kappa shape index (κ2) is 6.07. The summed E-state index contributed by atoms with van der Waals surface area (Å²) in [5.41, 5.74) is 10.4. The quantitative estimate of drug-likeness (QED) is 0.291. The van der Waals surface area contributed by atoms with Gasteiger partial charge in [-0.05, 0) is 26.3 Å². The van der Waals surface area contributed by atoms with Gasteiger partial charge < -0.3 is 16.6 Å². The van der Waals surface area contributed by atoms with Crippen LogP contribution in [0.5, 0.6) is 0 Å². The molecule has 6 N–H and O–H groups in total. The zero-order chi connectivity index (χ0) is 9.56. The number of aliphatic hydroxyl groups excluding tert-OH is 1. The smallest absolute Gasteiger partial charge is 0.158 e. The summed E-state index contributed by atoms with van der Waals surface area (Å²) in [5.74, 6) is -0.202. The fourth-order valence-corrected chi connectivity index (χ4v) is 0.767. The van der Waals surface area contributed by atoms with Gasteiger partial charge in [0.25, 0.3) is 0 Å². The number of rotatable bonds is 6. The highest BCUT2D eigenvalue weighted by atomic mass is 16.3. The Morgan fingerprint density at radius 2 is 2.17 bits per heavy atom. The minimum absolute atomic E-state index is 0.202. The highest BCUT2D eigenvalue weighted by Crippen LogP contribution is 1.96. The van der Waals surface area contributed by atoms with Crippen LogP contribution in [-0.4, -0.2) is 29.8 Å². The minimum Gasteiger partial charge on any atom is -0.385 e. The number of nitrogens with one attached hydrogen (secondary N) is 1. The third-order valence-corrected chi connectivity index (χ3v) is 1.50. The summed E-state index contributed by atoms with van der Waals surface area (Å²) in [5, 5.41) is 11.8. The van der Waals surface area contributed by atoms with Crippen LogP contribution in [0.25, 0.3) is 0 Å². The molecule has 0 aliphatic carbocycles. The Kier molecular flexibility index (Phi) is 5.83. The number of aliphatic hydroxyl groups is 1. The molecule has 0 aliphatic heterocycles. The van der Waals surface area contributed by atoms with Gasteiger partial charge in [0, 0.05) is 0 Å². The topological polar surface area (TPSA) is 101 Å². The van der Waals surface area contributed by atoms with Crippen molar-refractivity contribution in [2.45, 2.75) is 32.2 Å². The van der Waals surface area contributed by atoms with Crippen LogP contribution in [0.4, 0.5) is 0 Å². The van der Waals surface area contributed by atoms with Crippen molar-refractivity contribution in [2.24, 2.45) is 11.5 Å². The van der Waals surface area contributed by atoms with Crippen LogP contribution < -0.4 is 16.8 Å². The van der Waals surface area contributed by atoms with Crippen molar-refractivity contribution in [1.29, 1.82) is 0 Å². The van der Waals surface area contributed by atoms with Crippen molar-refractivity contribution in [1.82, 2.24) is 5.32 Å². The molecule has 0 bridgehead atoms. The van der Waals surface area contributed by atoms with E-state index in [-0.39, 0.29) is 5.78 Å². The molecule has 12 heavy (non-hydrogen) atoms. The molecule has 0 spiro atoms. The van der Waals surface area contributed by atoms with Gasteiger partial charge in [-0.3, -0.25) is 10.1 Å². The number of carbonyl (C=O) groups excluding carboxylic acids is 1. The van der Waals surface area contributed by atoms with E-state index in [9.17, 15) is 4.79 Å². The molecule has 5 nitrogen and oxygen atoms in total. The SMILES string of the molecule is CC(=O)C(O)CCCNC(N)N. The molecule has 0 heterocycles. The fourth-order valence-electron chi connectivity index (χ4n) is 0.767. The molecule has 1 atom stereocenters. The van der Waals surface area contributed by atoms with E-state index in [1.807, 2.05) is 0 Å². The fraction of sp³-hybridized carbons (Fsp3) is 0.857. The lowest BCUT2D eigenvalue weighted by molar-refractivity contribution is -0.125. The van der Waals surface area contributed by atoms with E-state index in [2.05, 4.69) is 5.32 Å². The second-order valence-electron chi connectivity index (χ2n) is 2.75. The summed E-state index contributed by atoms with van der Waals surface area (Å²) in [6, 6.07) is 0. The maximum absolute atomic E-state index is 10.6. The lowest BCUT2D eigenvalue weighted by Crippen LogP contribution is -2.45. The Morgan fingerprint density at radius 3 is 2.58 bits per heavy atom. The molecule has 0 rings (SSSR count). The maximum atomic E-state index is 10.6. The maximum Gasteiger partial charge on any atom is 0.158 e. The Labute approximate surface area is 72.1 Å². The first-order valence-electron chi connectivity index (χ1n) is 3.97. The molecular formula is C7H17N3O2. The standard InChI is InChI=1S/C7H17N3O2/c1-5(11)6(12)3-2-4-10-7(8)9/h6-7,10,12H,2-4,8-9H2,1H3. The molecule has 0 saturated carbocycles. The van der Waals surface area contributed by atoms with Gasteiger partial charge in [-0.15, -0.1) is 0 Å². The number of ketones is 1. The molecule has 0 aromatic rings. The monoisotopic (exact) mass is 175 g/mol. The van der Waals surface area contributed by atoms with E-state index in [0.717, 1.165) is 0 Å². The van der Waals surface area contributed by atoms with Gasteiger partial charge in [0.15, 0.2) is 5.78 Å². The predicted molar refractivity (Wildman–Crippen MR) is 46.1 cm³/mol. The molecule has 0 radical (unpaired) electrons. The van der Waals surface area contributed by atoms with Gasteiger partial charge >= 0.3 is 0 Å². The van der Waals surface area contributed by atoms with Gasteiger partial charge in [-0.2, -0.15) is 0 Å². The van der Waals surface area contributed by atoms with Crippen molar-refractivity contribution in [3.05, 3.63) is 0 Å². The number of hydrogen-bond donors (Lipinski definition) is 4. The summed E-state index contributed by atoms with van der Waals surface area (Å²) in [6.07, 6.45) is -0.235. The Balaban J connectivity index is 3.25. The molecule has 0 fully saturated rings.